The SMILES string of the molecule is CC1(C)C2CNCC2CN1C(=O)Nc1ccc(F)cc1F. The number of anilines is 1. The van der Waals surface area contributed by atoms with Gasteiger partial charge in [0.15, 0.2) is 0 Å². The zero-order chi connectivity index (χ0) is 15.2. The lowest BCUT2D eigenvalue weighted by atomic mass is 9.85. The van der Waals surface area contributed by atoms with Crippen LogP contribution in [0.4, 0.5) is 19.3 Å². The number of halogens is 2. The van der Waals surface area contributed by atoms with Gasteiger partial charge >= 0.3 is 6.03 Å². The average Bonchev–Trinajstić information content (AvgIpc) is 2.95. The smallest absolute Gasteiger partial charge is 0.319 e. The van der Waals surface area contributed by atoms with E-state index in [1.165, 1.54) is 6.07 Å². The second kappa shape index (κ2) is 4.94. The lowest BCUT2D eigenvalue weighted by Crippen LogP contribution is -2.49. The molecule has 1 aromatic carbocycles. The molecule has 3 rings (SSSR count). The fourth-order valence-corrected chi connectivity index (χ4v) is 3.54. The summed E-state index contributed by atoms with van der Waals surface area (Å²) in [5.74, 6) is -0.583. The van der Waals surface area contributed by atoms with Gasteiger partial charge in [-0.2, -0.15) is 0 Å². The van der Waals surface area contributed by atoms with E-state index in [9.17, 15) is 13.6 Å². The van der Waals surface area contributed by atoms with Crippen molar-refractivity contribution in [2.45, 2.75) is 19.4 Å². The summed E-state index contributed by atoms with van der Waals surface area (Å²) < 4.78 is 26.5. The second-order valence-corrected chi connectivity index (χ2v) is 6.34. The van der Waals surface area contributed by atoms with Gasteiger partial charge in [-0.25, -0.2) is 13.6 Å². The van der Waals surface area contributed by atoms with Gasteiger partial charge in [0.05, 0.1) is 5.69 Å². The average molecular weight is 295 g/mol. The molecule has 4 nitrogen and oxygen atoms in total. The van der Waals surface area contributed by atoms with Crippen molar-refractivity contribution < 1.29 is 13.6 Å². The molecular formula is C15H19F2N3O. The second-order valence-electron chi connectivity index (χ2n) is 6.34. The Kier molecular flexibility index (Phi) is 3.36. The van der Waals surface area contributed by atoms with Gasteiger partial charge < -0.3 is 15.5 Å². The van der Waals surface area contributed by atoms with Gasteiger partial charge in [0.2, 0.25) is 0 Å². The van der Waals surface area contributed by atoms with Crippen LogP contribution in [0.1, 0.15) is 13.8 Å². The highest BCUT2D eigenvalue weighted by Gasteiger charge is 2.51. The largest absolute Gasteiger partial charge is 0.322 e. The highest BCUT2D eigenvalue weighted by atomic mass is 19.1. The summed E-state index contributed by atoms with van der Waals surface area (Å²) in [6.07, 6.45) is 0. The number of hydrogen-bond donors (Lipinski definition) is 2. The molecule has 2 heterocycles. The summed E-state index contributed by atoms with van der Waals surface area (Å²) in [6, 6.07) is 2.81. The lowest BCUT2D eigenvalue weighted by Gasteiger charge is -2.35. The molecular weight excluding hydrogens is 276 g/mol. The van der Waals surface area contributed by atoms with Gasteiger partial charge in [-0.05, 0) is 37.8 Å². The molecule has 2 amide bonds. The third-order valence-corrected chi connectivity index (χ3v) is 4.78. The molecule has 2 saturated heterocycles. The zero-order valence-corrected chi connectivity index (χ0v) is 12.1. The lowest BCUT2D eigenvalue weighted by molar-refractivity contribution is 0.157. The molecule has 1 aromatic rings. The van der Waals surface area contributed by atoms with E-state index < -0.39 is 11.6 Å². The number of fused-ring (bicyclic) bond motifs is 1. The Morgan fingerprint density at radius 1 is 1.38 bits per heavy atom. The maximum Gasteiger partial charge on any atom is 0.322 e. The summed E-state index contributed by atoms with van der Waals surface area (Å²) in [5.41, 5.74) is -0.276. The van der Waals surface area contributed by atoms with Crippen molar-refractivity contribution in [3.05, 3.63) is 29.8 Å². The Bertz CT molecular complexity index is 576. The molecule has 2 unspecified atom stereocenters. The fraction of sp³-hybridized carbons (Fsp3) is 0.533. The highest BCUT2D eigenvalue weighted by Crippen LogP contribution is 2.40. The zero-order valence-electron chi connectivity index (χ0n) is 12.1. The van der Waals surface area contributed by atoms with Crippen molar-refractivity contribution in [3.63, 3.8) is 0 Å². The molecule has 6 heteroatoms. The van der Waals surface area contributed by atoms with Crippen molar-refractivity contribution in [1.82, 2.24) is 10.2 Å². The number of benzene rings is 1. The van der Waals surface area contributed by atoms with Crippen LogP contribution in [0, 0.1) is 23.5 Å². The van der Waals surface area contributed by atoms with Crippen LogP contribution in [0.2, 0.25) is 0 Å². The van der Waals surface area contributed by atoms with Crippen LogP contribution in [-0.4, -0.2) is 36.1 Å². The number of rotatable bonds is 1. The molecule has 2 aliphatic heterocycles. The summed E-state index contributed by atoms with van der Waals surface area (Å²) in [7, 11) is 0. The minimum absolute atomic E-state index is 0.00684. The third-order valence-electron chi connectivity index (χ3n) is 4.78. The van der Waals surface area contributed by atoms with Crippen LogP contribution in [0.3, 0.4) is 0 Å². The first-order chi connectivity index (χ1) is 9.89. The number of carbonyl (C=O) groups is 1. The van der Waals surface area contributed by atoms with Gasteiger partial charge in [-0.3, -0.25) is 0 Å². The summed E-state index contributed by atoms with van der Waals surface area (Å²) in [4.78, 5) is 14.2. The molecule has 2 atom stereocenters. The summed E-state index contributed by atoms with van der Waals surface area (Å²) in [5, 5.41) is 5.89. The minimum atomic E-state index is -0.762. The van der Waals surface area contributed by atoms with Gasteiger partial charge in [0, 0.05) is 31.2 Å². The van der Waals surface area contributed by atoms with E-state index >= 15 is 0 Å². The van der Waals surface area contributed by atoms with E-state index in [-0.39, 0.29) is 17.3 Å². The number of urea groups is 1. The van der Waals surface area contributed by atoms with E-state index in [2.05, 4.69) is 10.6 Å². The van der Waals surface area contributed by atoms with Crippen LogP contribution < -0.4 is 10.6 Å². The van der Waals surface area contributed by atoms with Crippen molar-refractivity contribution in [3.8, 4) is 0 Å². The van der Waals surface area contributed by atoms with Crippen LogP contribution in [0.5, 0.6) is 0 Å². The van der Waals surface area contributed by atoms with Crippen LogP contribution in [0.15, 0.2) is 18.2 Å². The highest BCUT2D eigenvalue weighted by molar-refractivity contribution is 5.90. The van der Waals surface area contributed by atoms with E-state index in [0.29, 0.717) is 18.4 Å². The van der Waals surface area contributed by atoms with Crippen LogP contribution >= 0.6 is 0 Å². The molecule has 21 heavy (non-hydrogen) atoms. The van der Waals surface area contributed by atoms with Gasteiger partial charge in [0.1, 0.15) is 11.6 Å². The Labute approximate surface area is 122 Å². The van der Waals surface area contributed by atoms with Gasteiger partial charge in [0.25, 0.3) is 0 Å². The number of likely N-dealkylation sites (tertiary alicyclic amines) is 1. The number of nitrogens with zero attached hydrogens (tertiary/aromatic N) is 1. The molecule has 0 spiro atoms. The van der Waals surface area contributed by atoms with Gasteiger partial charge in [-0.15, -0.1) is 0 Å². The Morgan fingerprint density at radius 2 is 2.14 bits per heavy atom. The molecule has 0 aromatic heterocycles. The number of carbonyl (C=O) groups excluding carboxylic acids is 1. The van der Waals surface area contributed by atoms with Crippen LogP contribution in [0.25, 0.3) is 0 Å². The maximum atomic E-state index is 13.6. The van der Waals surface area contributed by atoms with E-state index in [0.717, 1.165) is 25.2 Å². The first kappa shape index (κ1) is 14.3. The Hall–Kier alpha value is -1.69. The number of hydrogen-bond acceptors (Lipinski definition) is 2. The van der Waals surface area contributed by atoms with Crippen molar-refractivity contribution in [1.29, 1.82) is 0 Å². The molecule has 0 aliphatic carbocycles. The number of nitrogens with one attached hydrogen (secondary N) is 2. The molecule has 114 valence electrons. The quantitative estimate of drug-likeness (QED) is 0.836. The van der Waals surface area contributed by atoms with Crippen molar-refractivity contribution >= 4 is 11.7 Å². The molecule has 2 aliphatic rings. The first-order valence-electron chi connectivity index (χ1n) is 7.14. The van der Waals surface area contributed by atoms with E-state index in [1.54, 1.807) is 4.90 Å². The molecule has 0 saturated carbocycles. The van der Waals surface area contributed by atoms with Crippen LogP contribution in [-0.2, 0) is 0 Å². The molecule has 0 bridgehead atoms. The molecule has 2 N–H and O–H groups in total. The predicted octanol–water partition coefficient (Wildman–Crippen LogP) is 2.43. The molecule has 0 radical (unpaired) electrons. The summed E-state index contributed by atoms with van der Waals surface area (Å²) in [6.45, 7) is 6.52. The maximum absolute atomic E-state index is 13.6. The van der Waals surface area contributed by atoms with Crippen molar-refractivity contribution in [2.75, 3.05) is 25.0 Å². The van der Waals surface area contributed by atoms with Crippen molar-refractivity contribution in [2.24, 2.45) is 11.8 Å². The minimum Gasteiger partial charge on any atom is -0.319 e. The molecule has 2 fully saturated rings. The fourth-order valence-electron chi connectivity index (χ4n) is 3.54. The topological polar surface area (TPSA) is 44.4 Å². The Balaban J connectivity index is 1.77. The monoisotopic (exact) mass is 295 g/mol. The standard InChI is InChI=1S/C15H19F2N3O/c1-15(2)11-7-18-6-9(11)8-20(15)14(21)19-13-4-3-10(16)5-12(13)17/h3-5,9,11,18H,6-8H2,1-2H3,(H,19,21). The third kappa shape index (κ3) is 2.37. The Morgan fingerprint density at radius 3 is 2.81 bits per heavy atom. The first-order valence-corrected chi connectivity index (χ1v) is 7.14. The van der Waals surface area contributed by atoms with E-state index in [4.69, 9.17) is 0 Å². The number of amides is 2. The van der Waals surface area contributed by atoms with Gasteiger partial charge in [-0.1, -0.05) is 0 Å². The predicted molar refractivity (Wildman–Crippen MR) is 76.0 cm³/mol. The normalized spacial score (nSPS) is 26.8. The summed E-state index contributed by atoms with van der Waals surface area (Å²) >= 11 is 0. The van der Waals surface area contributed by atoms with E-state index in [1.807, 2.05) is 13.8 Å².